The Morgan fingerprint density at radius 3 is 1.77 bits per heavy atom. The summed E-state index contributed by atoms with van der Waals surface area (Å²) in [6.45, 7) is -0.523. The normalized spacial score (nSPS) is 12.5. The van der Waals surface area contributed by atoms with Crippen LogP contribution in [-0.4, -0.2) is 41.5 Å². The number of alkyl halides is 3. The lowest BCUT2D eigenvalue weighted by Gasteiger charge is -2.21. The molecule has 0 aliphatic rings. The lowest BCUT2D eigenvalue weighted by atomic mass is 10.2. The number of sulfonamides is 2. The average Bonchev–Trinajstić information content (AvgIpc) is 2.86. The zero-order valence-electron chi connectivity index (χ0n) is 22.6. The quantitative estimate of drug-likeness (QED) is 0.159. The highest BCUT2D eigenvalue weighted by Crippen LogP contribution is 2.35. The molecule has 1 amide bonds. The molecule has 3 aromatic rings. The van der Waals surface area contributed by atoms with Gasteiger partial charge in [-0.2, -0.15) is 13.2 Å². The summed E-state index contributed by atoms with van der Waals surface area (Å²) in [5.74, 6) is -3.03. The predicted octanol–water partition coefficient (Wildman–Crippen LogP) is 4.61. The smallest absolute Gasteiger partial charge is 0.416 e. The van der Waals surface area contributed by atoms with E-state index in [0.29, 0.717) is 12.1 Å². The van der Waals surface area contributed by atoms with Crippen LogP contribution in [0.2, 0.25) is 5.02 Å². The molecule has 1 atom stereocenters. The van der Waals surface area contributed by atoms with Gasteiger partial charge >= 0.3 is 6.18 Å². The molecule has 0 radical (unpaired) electrons. The van der Waals surface area contributed by atoms with Crippen molar-refractivity contribution in [2.24, 2.45) is 0 Å². The maximum Gasteiger partial charge on any atom is 0.416 e. The molecule has 3 aromatic carbocycles. The van der Waals surface area contributed by atoms with Gasteiger partial charge in [0.25, 0.3) is 5.91 Å². The van der Waals surface area contributed by atoms with Crippen molar-refractivity contribution >= 4 is 61.3 Å². The second-order valence-electron chi connectivity index (χ2n) is 9.12. The number of rotatable bonds is 12. The van der Waals surface area contributed by atoms with Crippen LogP contribution in [0.4, 0.5) is 33.3 Å². The van der Waals surface area contributed by atoms with Gasteiger partial charge in [-0.05, 0) is 53.6 Å². The van der Waals surface area contributed by atoms with Crippen molar-refractivity contribution < 1.29 is 48.3 Å². The van der Waals surface area contributed by atoms with Gasteiger partial charge in [0.15, 0.2) is 0 Å². The molecule has 0 spiro atoms. The zero-order chi connectivity index (χ0) is 32.2. The lowest BCUT2D eigenvalue weighted by molar-refractivity contribution is -0.137. The molecule has 242 valence electrons. The standard InChI is InChI=1S/C25H24ClF5N4O6S2.ClH/c1-42(37,38)34-20-6-3-14(9-18(20)27)12-32-23(36)24(41-22-8-5-16(11-17(22)26)25(29,30)31)33-13-15-4-7-21(19(28)10-15)35-43(2,39)40;/h3-11,24,33-35H,12-13H2,1-2H3,(H,32,36);1H. The van der Waals surface area contributed by atoms with E-state index in [2.05, 4.69) is 10.6 Å². The molecule has 10 nitrogen and oxygen atoms in total. The van der Waals surface area contributed by atoms with Crippen molar-refractivity contribution in [2.75, 3.05) is 22.0 Å². The van der Waals surface area contributed by atoms with Crippen LogP contribution in [0.3, 0.4) is 0 Å². The first-order chi connectivity index (χ1) is 19.8. The van der Waals surface area contributed by atoms with Gasteiger partial charge in [0, 0.05) is 13.1 Å². The molecule has 0 aromatic heterocycles. The minimum Gasteiger partial charge on any atom is -0.464 e. The van der Waals surface area contributed by atoms with Gasteiger partial charge in [0.1, 0.15) is 17.4 Å². The Balaban J connectivity index is 0.00000675. The highest BCUT2D eigenvalue weighted by Gasteiger charge is 2.31. The third kappa shape index (κ3) is 11.3. The number of carbonyl (C=O) groups is 1. The van der Waals surface area contributed by atoms with Crippen LogP contribution in [-0.2, 0) is 44.1 Å². The lowest BCUT2D eigenvalue weighted by Crippen LogP contribution is -2.47. The Labute approximate surface area is 260 Å². The van der Waals surface area contributed by atoms with Gasteiger partial charge in [0.2, 0.25) is 26.3 Å². The van der Waals surface area contributed by atoms with Crippen molar-refractivity contribution in [2.45, 2.75) is 25.5 Å². The van der Waals surface area contributed by atoms with E-state index in [0.717, 1.165) is 42.8 Å². The Bertz CT molecular complexity index is 1730. The summed E-state index contributed by atoms with van der Waals surface area (Å²) >= 11 is 5.96. The molecule has 0 saturated carbocycles. The monoisotopic (exact) mass is 706 g/mol. The number of carbonyl (C=O) groups excluding carboxylic acids is 1. The number of amides is 1. The summed E-state index contributed by atoms with van der Waals surface area (Å²) in [4.78, 5) is 13.0. The van der Waals surface area contributed by atoms with Crippen molar-refractivity contribution in [1.29, 1.82) is 0 Å². The maximum atomic E-state index is 14.4. The summed E-state index contributed by atoms with van der Waals surface area (Å²) in [5.41, 5.74) is -1.26. The number of ether oxygens (including phenoxy) is 1. The fraction of sp³-hybridized carbons (Fsp3) is 0.240. The second-order valence-corrected chi connectivity index (χ2v) is 13.0. The second kappa shape index (κ2) is 14.6. The van der Waals surface area contributed by atoms with Crippen molar-refractivity contribution in [3.63, 3.8) is 0 Å². The molecule has 44 heavy (non-hydrogen) atoms. The average molecular weight is 708 g/mol. The van der Waals surface area contributed by atoms with E-state index in [1.54, 1.807) is 0 Å². The van der Waals surface area contributed by atoms with Crippen molar-refractivity contribution in [3.05, 3.63) is 87.9 Å². The van der Waals surface area contributed by atoms with E-state index in [1.807, 2.05) is 9.44 Å². The van der Waals surface area contributed by atoms with Gasteiger partial charge in [-0.3, -0.25) is 19.6 Å². The predicted molar refractivity (Wildman–Crippen MR) is 157 cm³/mol. The van der Waals surface area contributed by atoms with Crippen LogP contribution in [0.5, 0.6) is 5.75 Å². The van der Waals surface area contributed by atoms with Crippen molar-refractivity contribution in [3.8, 4) is 5.75 Å². The van der Waals surface area contributed by atoms with Crippen molar-refractivity contribution in [1.82, 2.24) is 10.6 Å². The van der Waals surface area contributed by atoms with Crippen LogP contribution in [0.25, 0.3) is 0 Å². The van der Waals surface area contributed by atoms with Gasteiger partial charge in [-0.25, -0.2) is 25.6 Å². The third-order valence-corrected chi connectivity index (χ3v) is 6.83. The first kappa shape index (κ1) is 36.8. The number of anilines is 2. The van der Waals surface area contributed by atoms with Crippen LogP contribution >= 0.6 is 24.0 Å². The van der Waals surface area contributed by atoms with E-state index in [1.165, 1.54) is 12.1 Å². The molecule has 0 aliphatic heterocycles. The maximum absolute atomic E-state index is 14.4. The summed E-state index contributed by atoms with van der Waals surface area (Å²) in [6, 6.07) is 9.11. The number of nitrogens with one attached hydrogen (secondary N) is 4. The summed E-state index contributed by atoms with van der Waals surface area (Å²) in [6.07, 6.45) is -4.64. The van der Waals surface area contributed by atoms with E-state index in [9.17, 15) is 43.6 Å². The molecule has 0 bridgehead atoms. The fourth-order valence-corrected chi connectivity index (χ4v) is 4.84. The largest absolute Gasteiger partial charge is 0.464 e. The number of halogens is 7. The SMILES string of the molecule is CS(=O)(=O)Nc1ccc(CNC(=O)C(NCc2ccc(NS(C)(=O)=O)c(F)c2)Oc2ccc(C(F)(F)F)cc2Cl)cc1F.Cl. The topological polar surface area (TPSA) is 143 Å². The Morgan fingerprint density at radius 1 is 0.841 bits per heavy atom. The van der Waals surface area contributed by atoms with E-state index < -0.39 is 60.6 Å². The molecule has 4 N–H and O–H groups in total. The van der Waals surface area contributed by atoms with Crippen LogP contribution in [0.1, 0.15) is 16.7 Å². The highest BCUT2D eigenvalue weighted by atomic mass is 35.5. The zero-order valence-corrected chi connectivity index (χ0v) is 25.8. The van der Waals surface area contributed by atoms with E-state index >= 15 is 0 Å². The number of benzene rings is 3. The van der Waals surface area contributed by atoms with Crippen LogP contribution in [0, 0.1) is 11.6 Å². The van der Waals surface area contributed by atoms with Crippen LogP contribution in [0.15, 0.2) is 54.6 Å². The minimum atomic E-state index is -4.69. The van der Waals surface area contributed by atoms with Gasteiger partial charge in [-0.15, -0.1) is 12.4 Å². The highest BCUT2D eigenvalue weighted by molar-refractivity contribution is 7.92. The molecule has 0 saturated heterocycles. The molecule has 19 heteroatoms. The first-order valence-electron chi connectivity index (χ1n) is 11.9. The third-order valence-electron chi connectivity index (χ3n) is 5.36. The van der Waals surface area contributed by atoms with Gasteiger partial charge in [0.05, 0.1) is 34.5 Å². The molecule has 3 rings (SSSR count). The summed E-state index contributed by atoms with van der Waals surface area (Å²) in [7, 11) is -7.51. The summed E-state index contributed by atoms with van der Waals surface area (Å²) < 4.78 is 123. The Hall–Kier alpha value is -3.38. The summed E-state index contributed by atoms with van der Waals surface area (Å²) in [5, 5.41) is 4.64. The Morgan fingerprint density at radius 2 is 1.34 bits per heavy atom. The molecule has 0 heterocycles. The van der Waals surface area contributed by atoms with Crippen LogP contribution < -0.4 is 24.8 Å². The fourth-order valence-electron chi connectivity index (χ4n) is 3.48. The molecule has 0 fully saturated rings. The van der Waals surface area contributed by atoms with E-state index in [4.69, 9.17) is 16.3 Å². The van der Waals surface area contributed by atoms with Gasteiger partial charge in [-0.1, -0.05) is 23.7 Å². The number of hydrogen-bond acceptors (Lipinski definition) is 7. The minimum absolute atomic E-state index is 0. The molecule has 0 aliphatic carbocycles. The Kier molecular flexibility index (Phi) is 12.2. The number of hydrogen-bond donors (Lipinski definition) is 4. The molecular weight excluding hydrogens is 682 g/mol. The molecular formula is C25H25Cl2F5N4O6S2. The van der Waals surface area contributed by atoms with E-state index in [-0.39, 0.29) is 53.7 Å². The first-order valence-corrected chi connectivity index (χ1v) is 16.0. The van der Waals surface area contributed by atoms with Gasteiger partial charge < -0.3 is 10.1 Å². The molecule has 1 unspecified atom stereocenters.